The highest BCUT2D eigenvalue weighted by Gasteiger charge is 2.37. The molecule has 2 atom stereocenters. The minimum absolute atomic E-state index is 0.242. The van der Waals surface area contributed by atoms with Crippen molar-refractivity contribution in [1.82, 2.24) is 25.3 Å². The normalized spacial score (nSPS) is 27.1. The lowest BCUT2D eigenvalue weighted by Gasteiger charge is -2.49. The van der Waals surface area contributed by atoms with E-state index in [-0.39, 0.29) is 5.75 Å². The minimum atomic E-state index is 0.242. The van der Waals surface area contributed by atoms with Gasteiger partial charge in [-0.25, -0.2) is 0 Å². The van der Waals surface area contributed by atoms with E-state index in [4.69, 9.17) is 0 Å². The van der Waals surface area contributed by atoms with Gasteiger partial charge in [-0.1, -0.05) is 12.1 Å². The summed E-state index contributed by atoms with van der Waals surface area (Å²) in [5.41, 5.74) is 2.56. The lowest BCUT2D eigenvalue weighted by molar-refractivity contribution is 0.0761. The molecule has 1 unspecified atom stereocenters. The van der Waals surface area contributed by atoms with Crippen LogP contribution < -0.4 is 15.5 Å². The Kier molecular flexibility index (Phi) is 5.37. The summed E-state index contributed by atoms with van der Waals surface area (Å²) in [6, 6.07) is 11.3. The largest absolute Gasteiger partial charge is 0.507 e. The average molecular weight is 436 g/mol. The van der Waals surface area contributed by atoms with Crippen LogP contribution in [0.2, 0.25) is 0 Å². The molecule has 1 aromatic carbocycles. The smallest absolute Gasteiger partial charge is 0.172 e. The Hall–Kier alpha value is -2.42. The number of hydrogen-bond acceptors (Lipinski definition) is 8. The molecule has 6 rings (SSSR count). The molecule has 1 aromatic heterocycles. The summed E-state index contributed by atoms with van der Waals surface area (Å²) < 4.78 is 0. The standard InChI is InChI=1S/C24H33N7O/c32-23-4-2-1-3-20(23)21-13-22-24(28-27-21)26-15-19-16-30(11-12-31(19)22)17-6-9-29(10-7-17)18-5-8-25-14-18/h1-4,13,17-19,25,32H,5-12,14-16H2,(H,26,28)/t18?,19-/m0/s1. The van der Waals surface area contributed by atoms with Crippen LogP contribution >= 0.6 is 0 Å². The van der Waals surface area contributed by atoms with Crippen LogP contribution in [-0.4, -0.2) is 95.6 Å². The van der Waals surface area contributed by atoms with E-state index in [1.165, 1.54) is 45.4 Å². The van der Waals surface area contributed by atoms with Gasteiger partial charge in [0.2, 0.25) is 0 Å². The number of piperazine rings is 1. The van der Waals surface area contributed by atoms with Crippen LogP contribution in [0.3, 0.4) is 0 Å². The summed E-state index contributed by atoms with van der Waals surface area (Å²) in [4.78, 5) is 7.95. The number of nitrogens with zero attached hydrogens (tertiary/aromatic N) is 5. The van der Waals surface area contributed by atoms with Gasteiger partial charge in [0.05, 0.1) is 17.4 Å². The molecule has 8 nitrogen and oxygen atoms in total. The second kappa shape index (κ2) is 8.50. The Morgan fingerprint density at radius 2 is 1.75 bits per heavy atom. The van der Waals surface area contributed by atoms with E-state index in [0.717, 1.165) is 55.0 Å². The Bertz CT molecular complexity index is 955. The molecule has 0 amide bonds. The molecule has 170 valence electrons. The van der Waals surface area contributed by atoms with E-state index >= 15 is 0 Å². The lowest BCUT2D eigenvalue weighted by Crippen LogP contribution is -2.61. The van der Waals surface area contributed by atoms with Gasteiger partial charge in [0.1, 0.15) is 5.75 Å². The number of rotatable bonds is 3. The third kappa shape index (κ3) is 3.70. The average Bonchev–Trinajstić information content (AvgIpc) is 3.39. The maximum absolute atomic E-state index is 10.3. The van der Waals surface area contributed by atoms with Crippen LogP contribution in [0.1, 0.15) is 19.3 Å². The summed E-state index contributed by atoms with van der Waals surface area (Å²) >= 11 is 0. The van der Waals surface area contributed by atoms with Gasteiger partial charge >= 0.3 is 0 Å². The fraction of sp³-hybridized carbons (Fsp3) is 0.583. The first kappa shape index (κ1) is 20.2. The van der Waals surface area contributed by atoms with E-state index in [1.807, 2.05) is 18.2 Å². The first-order valence-electron chi connectivity index (χ1n) is 12.1. The fourth-order valence-corrected chi connectivity index (χ4v) is 6.03. The van der Waals surface area contributed by atoms with Crippen LogP contribution in [0.5, 0.6) is 5.75 Å². The van der Waals surface area contributed by atoms with Gasteiger partial charge in [0.15, 0.2) is 5.82 Å². The zero-order valence-corrected chi connectivity index (χ0v) is 18.6. The van der Waals surface area contributed by atoms with E-state index in [2.05, 4.69) is 41.6 Å². The SMILES string of the molecule is Oc1ccccc1-c1cc2c(nn1)NC[C@H]1CN(C3CCN(C4CCNC4)CC3)CCN21. The highest BCUT2D eigenvalue weighted by Crippen LogP contribution is 2.36. The molecule has 3 N–H and O–H groups in total. The predicted molar refractivity (Wildman–Crippen MR) is 126 cm³/mol. The zero-order chi connectivity index (χ0) is 21.5. The van der Waals surface area contributed by atoms with Crippen molar-refractivity contribution in [3.63, 3.8) is 0 Å². The molecule has 8 heteroatoms. The number of aromatic nitrogens is 2. The maximum atomic E-state index is 10.3. The highest BCUT2D eigenvalue weighted by molar-refractivity contribution is 5.76. The molecule has 0 bridgehead atoms. The van der Waals surface area contributed by atoms with E-state index in [1.54, 1.807) is 6.07 Å². The molecule has 0 radical (unpaired) electrons. The maximum Gasteiger partial charge on any atom is 0.172 e. The molecular weight excluding hydrogens is 402 g/mol. The predicted octanol–water partition coefficient (Wildman–Crippen LogP) is 1.59. The number of nitrogens with one attached hydrogen (secondary N) is 2. The molecule has 0 spiro atoms. The van der Waals surface area contributed by atoms with Gasteiger partial charge in [0.25, 0.3) is 0 Å². The van der Waals surface area contributed by atoms with Crippen LogP contribution in [0, 0.1) is 0 Å². The molecular formula is C24H33N7O. The van der Waals surface area contributed by atoms with Crippen molar-refractivity contribution in [2.24, 2.45) is 0 Å². The van der Waals surface area contributed by atoms with E-state index in [9.17, 15) is 5.11 Å². The number of hydrogen-bond donors (Lipinski definition) is 3. The number of aromatic hydroxyl groups is 1. The number of fused-ring (bicyclic) bond motifs is 3. The molecule has 32 heavy (non-hydrogen) atoms. The summed E-state index contributed by atoms with van der Waals surface area (Å²) in [5.74, 6) is 1.10. The molecule has 0 aliphatic carbocycles. The van der Waals surface area contributed by atoms with Crippen molar-refractivity contribution < 1.29 is 5.11 Å². The van der Waals surface area contributed by atoms with Crippen molar-refractivity contribution in [2.75, 3.05) is 62.6 Å². The number of para-hydroxylation sites is 1. The third-order valence-electron chi connectivity index (χ3n) is 7.85. The topological polar surface area (TPSA) is 79.8 Å². The Morgan fingerprint density at radius 1 is 0.875 bits per heavy atom. The molecule has 2 aromatic rings. The number of phenolic OH excluding ortho intramolecular Hbond substituents is 1. The summed E-state index contributed by atoms with van der Waals surface area (Å²) in [6.07, 6.45) is 3.88. The van der Waals surface area contributed by atoms with Gasteiger partial charge in [-0.15, -0.1) is 10.2 Å². The van der Waals surface area contributed by atoms with Gasteiger partial charge < -0.3 is 20.6 Å². The lowest BCUT2D eigenvalue weighted by atomic mass is 9.98. The van der Waals surface area contributed by atoms with Gasteiger partial charge in [-0.3, -0.25) is 9.80 Å². The number of phenols is 1. The summed E-state index contributed by atoms with van der Waals surface area (Å²) in [6.45, 7) is 8.93. The monoisotopic (exact) mass is 435 g/mol. The van der Waals surface area contributed by atoms with Crippen LogP contribution in [0.25, 0.3) is 11.3 Å². The van der Waals surface area contributed by atoms with Gasteiger partial charge in [-0.2, -0.15) is 0 Å². The van der Waals surface area contributed by atoms with Crippen LogP contribution in [-0.2, 0) is 0 Å². The van der Waals surface area contributed by atoms with Crippen LogP contribution in [0.4, 0.5) is 11.5 Å². The van der Waals surface area contributed by atoms with Crippen molar-refractivity contribution >= 4 is 11.5 Å². The molecule has 3 saturated heterocycles. The second-order valence-corrected chi connectivity index (χ2v) is 9.62. The first-order valence-corrected chi connectivity index (χ1v) is 12.1. The van der Waals surface area contributed by atoms with Crippen molar-refractivity contribution in [1.29, 1.82) is 0 Å². The zero-order valence-electron chi connectivity index (χ0n) is 18.6. The van der Waals surface area contributed by atoms with Crippen molar-refractivity contribution in [2.45, 2.75) is 37.4 Å². The van der Waals surface area contributed by atoms with E-state index in [0.29, 0.717) is 12.1 Å². The Labute approximate surface area is 189 Å². The highest BCUT2D eigenvalue weighted by atomic mass is 16.3. The molecule has 4 aliphatic rings. The number of piperidine rings is 1. The molecule has 5 heterocycles. The van der Waals surface area contributed by atoms with Crippen LogP contribution in [0.15, 0.2) is 30.3 Å². The van der Waals surface area contributed by atoms with E-state index < -0.39 is 0 Å². The first-order chi connectivity index (χ1) is 15.8. The third-order valence-corrected chi connectivity index (χ3v) is 7.85. The minimum Gasteiger partial charge on any atom is -0.507 e. The number of anilines is 2. The van der Waals surface area contributed by atoms with Crippen molar-refractivity contribution in [3.05, 3.63) is 30.3 Å². The quantitative estimate of drug-likeness (QED) is 0.671. The number of benzene rings is 1. The second-order valence-electron chi connectivity index (χ2n) is 9.62. The Morgan fingerprint density at radius 3 is 2.56 bits per heavy atom. The molecule has 0 saturated carbocycles. The summed E-state index contributed by atoms with van der Waals surface area (Å²) in [7, 11) is 0. The Balaban J connectivity index is 1.14. The number of likely N-dealkylation sites (tertiary alicyclic amines) is 1. The van der Waals surface area contributed by atoms with Gasteiger partial charge in [-0.05, 0) is 57.1 Å². The van der Waals surface area contributed by atoms with Crippen molar-refractivity contribution in [3.8, 4) is 17.0 Å². The molecule has 4 aliphatic heterocycles. The van der Waals surface area contributed by atoms with Gasteiger partial charge in [0, 0.05) is 50.4 Å². The molecule has 3 fully saturated rings. The summed E-state index contributed by atoms with van der Waals surface area (Å²) in [5, 5.41) is 26.1. The fourth-order valence-electron chi connectivity index (χ4n) is 6.03.